The average Bonchev–Trinajstić information content (AvgIpc) is 3.02. The molecule has 0 unspecified atom stereocenters. The quantitative estimate of drug-likeness (QED) is 0.540. The molecule has 0 bridgehead atoms. The number of nitrogens with zero attached hydrogens (tertiary/aromatic N) is 2. The van der Waals surface area contributed by atoms with Crippen molar-refractivity contribution in [3.05, 3.63) is 71.9 Å². The Morgan fingerprint density at radius 2 is 1.50 bits per heavy atom. The van der Waals surface area contributed by atoms with Crippen molar-refractivity contribution in [1.29, 1.82) is 0 Å². The van der Waals surface area contributed by atoms with E-state index in [1.54, 1.807) is 0 Å². The third-order valence-electron chi connectivity index (χ3n) is 4.15. The molecule has 5 heteroatoms. The van der Waals surface area contributed by atoms with E-state index in [2.05, 4.69) is 21.0 Å². The van der Waals surface area contributed by atoms with Crippen LogP contribution in [-0.4, -0.2) is 15.0 Å². The number of fused-ring (bicyclic) bond motifs is 1. The number of anilines is 2. The molecule has 4 aromatic rings. The predicted octanol–water partition coefficient (Wildman–Crippen LogP) is 3.38. The average molecular weight is 315 g/mol. The van der Waals surface area contributed by atoms with E-state index < -0.39 is 0 Å². The van der Waals surface area contributed by atoms with Crippen LogP contribution in [0.3, 0.4) is 0 Å². The molecule has 2 heterocycles. The lowest BCUT2D eigenvalue weighted by atomic mass is 10.0. The van der Waals surface area contributed by atoms with Crippen LogP contribution in [0.1, 0.15) is 11.1 Å². The summed E-state index contributed by atoms with van der Waals surface area (Å²) >= 11 is 0. The van der Waals surface area contributed by atoms with Gasteiger partial charge >= 0.3 is 0 Å². The van der Waals surface area contributed by atoms with E-state index in [-0.39, 0.29) is 0 Å². The number of nitrogens with two attached hydrogens (primary N) is 2. The Morgan fingerprint density at radius 1 is 0.833 bits per heavy atom. The highest BCUT2D eigenvalue weighted by Crippen LogP contribution is 2.27. The fraction of sp³-hybridized carbons (Fsp3) is 0.0526. The van der Waals surface area contributed by atoms with Crippen LogP contribution in [0.15, 0.2) is 60.8 Å². The van der Waals surface area contributed by atoms with Crippen molar-refractivity contribution in [2.45, 2.75) is 6.42 Å². The van der Waals surface area contributed by atoms with Gasteiger partial charge < -0.3 is 16.5 Å². The third-order valence-corrected chi connectivity index (χ3v) is 4.15. The largest absolute Gasteiger partial charge is 0.383 e. The number of hydrogen-bond acceptors (Lipinski definition) is 4. The molecule has 0 aliphatic heterocycles. The summed E-state index contributed by atoms with van der Waals surface area (Å²) in [5.74, 6) is 1.39. The molecule has 2 aromatic heterocycles. The Balaban J connectivity index is 1.74. The first kappa shape index (κ1) is 14.3. The molecule has 24 heavy (non-hydrogen) atoms. The number of benzene rings is 2. The van der Waals surface area contributed by atoms with Crippen molar-refractivity contribution in [2.24, 2.45) is 0 Å². The van der Waals surface area contributed by atoms with Crippen LogP contribution in [-0.2, 0) is 6.42 Å². The van der Waals surface area contributed by atoms with Gasteiger partial charge in [-0.05, 0) is 11.6 Å². The molecule has 0 atom stereocenters. The minimum atomic E-state index is 0.423. The Morgan fingerprint density at radius 3 is 2.25 bits per heavy atom. The molecule has 0 aliphatic rings. The molecule has 5 N–H and O–H groups in total. The van der Waals surface area contributed by atoms with Crippen molar-refractivity contribution in [3.63, 3.8) is 0 Å². The maximum atomic E-state index is 6.18. The molecular formula is C19H17N5. The second kappa shape index (κ2) is 5.70. The Kier molecular flexibility index (Phi) is 3.39. The van der Waals surface area contributed by atoms with Crippen molar-refractivity contribution in [1.82, 2.24) is 15.0 Å². The minimum absolute atomic E-state index is 0.423. The van der Waals surface area contributed by atoms with E-state index in [9.17, 15) is 0 Å². The molecule has 0 spiro atoms. The van der Waals surface area contributed by atoms with Crippen LogP contribution in [0.25, 0.3) is 22.3 Å². The summed E-state index contributed by atoms with van der Waals surface area (Å²) in [6.45, 7) is 0. The van der Waals surface area contributed by atoms with E-state index in [1.807, 2.05) is 54.7 Å². The zero-order valence-corrected chi connectivity index (χ0v) is 13.0. The van der Waals surface area contributed by atoms with Crippen molar-refractivity contribution in [2.75, 3.05) is 11.5 Å². The summed E-state index contributed by atoms with van der Waals surface area (Å²) in [6.07, 6.45) is 2.57. The summed E-state index contributed by atoms with van der Waals surface area (Å²) in [4.78, 5) is 12.1. The van der Waals surface area contributed by atoms with Gasteiger partial charge in [-0.3, -0.25) is 0 Å². The lowest BCUT2D eigenvalue weighted by Gasteiger charge is -2.10. The van der Waals surface area contributed by atoms with Crippen molar-refractivity contribution >= 4 is 22.5 Å². The van der Waals surface area contributed by atoms with Gasteiger partial charge in [-0.1, -0.05) is 48.5 Å². The summed E-state index contributed by atoms with van der Waals surface area (Å²) in [7, 11) is 0. The van der Waals surface area contributed by atoms with Crippen molar-refractivity contribution < 1.29 is 0 Å². The molecular weight excluding hydrogens is 298 g/mol. The fourth-order valence-corrected chi connectivity index (χ4v) is 2.89. The standard InChI is InChI=1S/C19H17N5/c20-17-15(10-13-11-22-16-9-5-4-8-14(13)16)18(21)24-19(23-17)12-6-2-1-3-7-12/h1-9,11,22H,10H2,(H4,20,21,23,24). The number of aromatic amines is 1. The van der Waals surface area contributed by atoms with Gasteiger partial charge in [-0.15, -0.1) is 0 Å². The number of hydrogen-bond donors (Lipinski definition) is 3. The van der Waals surface area contributed by atoms with Crippen LogP contribution < -0.4 is 11.5 Å². The monoisotopic (exact) mass is 315 g/mol. The summed E-state index contributed by atoms with van der Waals surface area (Å²) in [5, 5.41) is 1.16. The highest BCUT2D eigenvalue weighted by atomic mass is 15.0. The molecule has 0 aliphatic carbocycles. The van der Waals surface area contributed by atoms with Crippen molar-refractivity contribution in [3.8, 4) is 11.4 Å². The number of rotatable bonds is 3. The summed E-state index contributed by atoms with van der Waals surface area (Å²) in [6, 6.07) is 17.8. The number of nitrogen functional groups attached to an aromatic ring is 2. The molecule has 4 rings (SSSR count). The lowest BCUT2D eigenvalue weighted by molar-refractivity contribution is 1.10. The van der Waals surface area contributed by atoms with E-state index in [0.29, 0.717) is 23.9 Å². The first-order chi connectivity index (χ1) is 11.7. The molecule has 118 valence electrons. The maximum absolute atomic E-state index is 6.18. The van der Waals surface area contributed by atoms with Crippen LogP contribution in [0, 0.1) is 0 Å². The van der Waals surface area contributed by atoms with Gasteiger partial charge in [-0.25, -0.2) is 9.97 Å². The minimum Gasteiger partial charge on any atom is -0.383 e. The SMILES string of the molecule is Nc1nc(-c2ccccc2)nc(N)c1Cc1c[nH]c2ccccc12. The highest BCUT2D eigenvalue weighted by Gasteiger charge is 2.14. The summed E-state index contributed by atoms with van der Waals surface area (Å²) in [5.41, 5.74) is 16.2. The van der Waals surface area contributed by atoms with Gasteiger partial charge in [0.2, 0.25) is 0 Å². The number of para-hydroxylation sites is 1. The summed E-state index contributed by atoms with van der Waals surface area (Å²) < 4.78 is 0. The van der Waals surface area contributed by atoms with E-state index >= 15 is 0 Å². The molecule has 0 saturated heterocycles. The Bertz CT molecular complexity index is 982. The third kappa shape index (κ3) is 2.46. The first-order valence-electron chi connectivity index (χ1n) is 7.74. The topological polar surface area (TPSA) is 93.6 Å². The maximum Gasteiger partial charge on any atom is 0.163 e. The molecule has 0 saturated carbocycles. The molecule has 5 nitrogen and oxygen atoms in total. The lowest BCUT2D eigenvalue weighted by Crippen LogP contribution is -2.07. The molecule has 0 fully saturated rings. The highest BCUT2D eigenvalue weighted by molar-refractivity contribution is 5.83. The number of nitrogens with one attached hydrogen (secondary N) is 1. The first-order valence-corrected chi connectivity index (χ1v) is 7.74. The normalized spacial score (nSPS) is 11.0. The second-order valence-electron chi connectivity index (χ2n) is 5.70. The molecule has 2 aromatic carbocycles. The Hall–Kier alpha value is -3.34. The van der Waals surface area contributed by atoms with Gasteiger partial charge in [0.25, 0.3) is 0 Å². The van der Waals surface area contributed by atoms with E-state index in [0.717, 1.165) is 27.6 Å². The smallest absolute Gasteiger partial charge is 0.163 e. The van der Waals surface area contributed by atoms with Gasteiger partial charge in [0.15, 0.2) is 5.82 Å². The van der Waals surface area contributed by atoms with Crippen LogP contribution in [0.2, 0.25) is 0 Å². The second-order valence-corrected chi connectivity index (χ2v) is 5.70. The van der Waals surface area contributed by atoms with Crippen LogP contribution in [0.4, 0.5) is 11.6 Å². The number of aromatic nitrogens is 3. The predicted molar refractivity (Wildman–Crippen MR) is 97.4 cm³/mol. The molecule has 0 amide bonds. The van der Waals surface area contributed by atoms with Crippen LogP contribution in [0.5, 0.6) is 0 Å². The number of H-pyrrole nitrogens is 1. The fourth-order valence-electron chi connectivity index (χ4n) is 2.89. The van der Waals surface area contributed by atoms with Crippen LogP contribution >= 0.6 is 0 Å². The van der Waals surface area contributed by atoms with E-state index in [4.69, 9.17) is 11.5 Å². The van der Waals surface area contributed by atoms with Gasteiger partial charge in [0, 0.05) is 34.6 Å². The Labute approximate surface area is 139 Å². The van der Waals surface area contributed by atoms with E-state index in [1.165, 1.54) is 0 Å². The zero-order valence-electron chi connectivity index (χ0n) is 13.0. The zero-order chi connectivity index (χ0) is 16.5. The van der Waals surface area contributed by atoms with Gasteiger partial charge in [0.1, 0.15) is 11.6 Å². The van der Waals surface area contributed by atoms with Gasteiger partial charge in [-0.2, -0.15) is 0 Å². The van der Waals surface area contributed by atoms with Gasteiger partial charge in [0.05, 0.1) is 0 Å². The molecule has 0 radical (unpaired) electrons.